The van der Waals surface area contributed by atoms with Crippen molar-refractivity contribution in [1.82, 2.24) is 14.9 Å². The summed E-state index contributed by atoms with van der Waals surface area (Å²) in [4.78, 5) is 16.7. The first kappa shape index (κ1) is 15.3. The number of likely N-dealkylation sites (N-methyl/N-ethyl adjacent to an activating group) is 1. The molecule has 0 aliphatic carbocycles. The minimum Gasteiger partial charge on any atom is -0.355 e. The maximum Gasteiger partial charge on any atom is 0.242 e. The Hall–Kier alpha value is -2.06. The minimum atomic E-state index is -0.401. The molecule has 1 aromatic heterocycles. The van der Waals surface area contributed by atoms with Crippen molar-refractivity contribution in [3.05, 3.63) is 29.6 Å². The number of hydrogen-bond donors (Lipinski definition) is 1. The topological polar surface area (TPSA) is 70.7 Å². The van der Waals surface area contributed by atoms with Gasteiger partial charge in [-0.1, -0.05) is 0 Å². The highest BCUT2D eigenvalue weighted by Gasteiger charge is 2.21. The van der Waals surface area contributed by atoms with Crippen LogP contribution in [0.5, 0.6) is 0 Å². The smallest absolute Gasteiger partial charge is 0.242 e. The molecule has 2 aromatic rings. The van der Waals surface area contributed by atoms with Crippen molar-refractivity contribution in [2.24, 2.45) is 0 Å². The maximum absolute atomic E-state index is 12.1. The molecule has 0 fully saturated rings. The predicted molar refractivity (Wildman–Crippen MR) is 82.3 cm³/mol. The van der Waals surface area contributed by atoms with Crippen molar-refractivity contribution in [3.63, 3.8) is 0 Å². The van der Waals surface area contributed by atoms with E-state index in [0.29, 0.717) is 24.4 Å². The van der Waals surface area contributed by atoms with Crippen molar-refractivity contribution in [1.29, 1.82) is 5.26 Å². The van der Waals surface area contributed by atoms with Gasteiger partial charge in [0, 0.05) is 18.8 Å². The number of alkyl halides is 1. The lowest BCUT2D eigenvalue weighted by Crippen LogP contribution is -2.31. The van der Waals surface area contributed by atoms with Crippen molar-refractivity contribution < 1.29 is 4.79 Å². The highest BCUT2D eigenvalue weighted by molar-refractivity contribution is 6.17. The zero-order valence-electron chi connectivity index (χ0n) is 12.1. The molecular formula is C15H17ClN4O. The van der Waals surface area contributed by atoms with Crippen molar-refractivity contribution in [2.45, 2.75) is 26.3 Å². The van der Waals surface area contributed by atoms with Crippen LogP contribution in [0.15, 0.2) is 18.2 Å². The largest absolute Gasteiger partial charge is 0.355 e. The van der Waals surface area contributed by atoms with Crippen LogP contribution in [0.3, 0.4) is 0 Å². The van der Waals surface area contributed by atoms with E-state index in [0.717, 1.165) is 16.9 Å². The molecule has 110 valence electrons. The number of amides is 1. The number of nitrogens with zero attached hydrogens (tertiary/aromatic N) is 3. The molecule has 0 aliphatic rings. The van der Waals surface area contributed by atoms with E-state index in [1.54, 1.807) is 18.2 Å². The molecule has 0 radical (unpaired) electrons. The molecule has 1 heterocycles. The van der Waals surface area contributed by atoms with Crippen molar-refractivity contribution >= 4 is 28.5 Å². The van der Waals surface area contributed by atoms with E-state index in [1.807, 2.05) is 18.4 Å². The quantitative estimate of drug-likeness (QED) is 0.862. The monoisotopic (exact) mass is 304 g/mol. The second kappa shape index (κ2) is 6.59. The van der Waals surface area contributed by atoms with Gasteiger partial charge in [0.15, 0.2) is 0 Å². The van der Waals surface area contributed by atoms with Crippen LogP contribution in [0.2, 0.25) is 0 Å². The van der Waals surface area contributed by atoms with E-state index in [4.69, 9.17) is 16.9 Å². The second-order valence-electron chi connectivity index (χ2n) is 4.72. The van der Waals surface area contributed by atoms with E-state index in [-0.39, 0.29) is 5.91 Å². The third-order valence-corrected chi connectivity index (χ3v) is 3.52. The van der Waals surface area contributed by atoms with Crippen LogP contribution in [0.4, 0.5) is 0 Å². The molecule has 1 unspecified atom stereocenters. The SMILES string of the molecule is CCNC(=O)C(C)n1c(CCCl)nc2ccc(C#N)cc21. The normalized spacial score (nSPS) is 12.1. The summed E-state index contributed by atoms with van der Waals surface area (Å²) in [5, 5.41) is 11.9. The van der Waals surface area contributed by atoms with Crippen LogP contribution >= 0.6 is 11.6 Å². The summed E-state index contributed by atoms with van der Waals surface area (Å²) in [5.74, 6) is 1.11. The molecule has 6 heteroatoms. The zero-order valence-corrected chi connectivity index (χ0v) is 12.8. The number of aromatic nitrogens is 2. The van der Waals surface area contributed by atoms with Crippen molar-refractivity contribution in [2.75, 3.05) is 12.4 Å². The first-order valence-corrected chi connectivity index (χ1v) is 7.40. The molecule has 1 N–H and O–H groups in total. The van der Waals surface area contributed by atoms with E-state index in [2.05, 4.69) is 16.4 Å². The first-order valence-electron chi connectivity index (χ1n) is 6.87. The fourth-order valence-corrected chi connectivity index (χ4v) is 2.51. The molecule has 0 spiro atoms. The third-order valence-electron chi connectivity index (χ3n) is 3.33. The summed E-state index contributed by atoms with van der Waals surface area (Å²) in [7, 11) is 0. The molecule has 1 aromatic carbocycles. The number of halogens is 1. The number of nitriles is 1. The van der Waals surface area contributed by atoms with Gasteiger partial charge in [-0.15, -0.1) is 11.6 Å². The van der Waals surface area contributed by atoms with Crippen LogP contribution in [0.1, 0.15) is 31.3 Å². The second-order valence-corrected chi connectivity index (χ2v) is 5.10. The molecule has 2 rings (SSSR count). The summed E-state index contributed by atoms with van der Waals surface area (Å²) in [6.07, 6.45) is 0.571. The van der Waals surface area contributed by atoms with Crippen LogP contribution in [-0.2, 0) is 11.2 Å². The zero-order chi connectivity index (χ0) is 15.4. The van der Waals surface area contributed by atoms with Gasteiger partial charge >= 0.3 is 0 Å². The van der Waals surface area contributed by atoms with Gasteiger partial charge in [-0.2, -0.15) is 5.26 Å². The van der Waals surface area contributed by atoms with Gasteiger partial charge in [0.05, 0.1) is 22.7 Å². The fraction of sp³-hybridized carbons (Fsp3) is 0.400. The average molecular weight is 305 g/mol. The fourth-order valence-electron chi connectivity index (χ4n) is 2.34. The molecule has 0 saturated carbocycles. The van der Waals surface area contributed by atoms with Crippen LogP contribution < -0.4 is 5.32 Å². The van der Waals surface area contributed by atoms with Gasteiger partial charge in [0.2, 0.25) is 5.91 Å². The molecule has 1 amide bonds. The third kappa shape index (κ3) is 3.01. The van der Waals surface area contributed by atoms with Gasteiger partial charge in [0.1, 0.15) is 11.9 Å². The summed E-state index contributed by atoms with van der Waals surface area (Å²) in [6, 6.07) is 6.99. The summed E-state index contributed by atoms with van der Waals surface area (Å²) in [6.45, 7) is 4.27. The maximum atomic E-state index is 12.1. The first-order chi connectivity index (χ1) is 10.1. The Morgan fingerprint density at radius 3 is 2.95 bits per heavy atom. The predicted octanol–water partition coefficient (Wildman–Crippen LogP) is 2.39. The Labute approximate surface area is 128 Å². The number of imidazole rings is 1. The van der Waals surface area contributed by atoms with Crippen molar-refractivity contribution in [3.8, 4) is 6.07 Å². The Morgan fingerprint density at radius 1 is 1.57 bits per heavy atom. The van der Waals surface area contributed by atoms with Crippen LogP contribution in [-0.4, -0.2) is 27.9 Å². The minimum absolute atomic E-state index is 0.0741. The van der Waals surface area contributed by atoms with Crippen LogP contribution in [0.25, 0.3) is 11.0 Å². The standard InChI is InChI=1S/C15H17ClN4O/c1-3-18-15(21)10(2)20-13-8-11(9-17)4-5-12(13)19-14(20)6-7-16/h4-5,8,10H,3,6-7H2,1-2H3,(H,18,21). The van der Waals surface area contributed by atoms with Gasteiger partial charge in [-0.25, -0.2) is 4.98 Å². The molecule has 0 saturated heterocycles. The molecule has 0 aliphatic heterocycles. The number of benzene rings is 1. The number of hydrogen-bond acceptors (Lipinski definition) is 3. The highest BCUT2D eigenvalue weighted by atomic mass is 35.5. The Kier molecular flexibility index (Phi) is 4.81. The number of rotatable bonds is 5. The van der Waals surface area contributed by atoms with E-state index in [1.165, 1.54) is 0 Å². The lowest BCUT2D eigenvalue weighted by atomic mass is 10.2. The number of nitrogens with one attached hydrogen (secondary N) is 1. The molecule has 21 heavy (non-hydrogen) atoms. The lowest BCUT2D eigenvalue weighted by molar-refractivity contribution is -0.123. The Bertz CT molecular complexity index is 701. The number of carbonyl (C=O) groups excluding carboxylic acids is 1. The lowest BCUT2D eigenvalue weighted by Gasteiger charge is -2.16. The van der Waals surface area contributed by atoms with Crippen LogP contribution in [0, 0.1) is 11.3 Å². The molecule has 1 atom stereocenters. The van der Waals surface area contributed by atoms with Gasteiger partial charge in [0.25, 0.3) is 0 Å². The molecule has 5 nitrogen and oxygen atoms in total. The van der Waals surface area contributed by atoms with Gasteiger partial charge in [-0.05, 0) is 32.0 Å². The van der Waals surface area contributed by atoms with E-state index >= 15 is 0 Å². The number of carbonyl (C=O) groups is 1. The molecule has 0 bridgehead atoms. The van der Waals surface area contributed by atoms with Gasteiger partial charge < -0.3 is 9.88 Å². The Balaban J connectivity index is 2.59. The summed E-state index contributed by atoms with van der Waals surface area (Å²) >= 11 is 5.83. The number of fused-ring (bicyclic) bond motifs is 1. The van der Waals surface area contributed by atoms with E-state index in [9.17, 15) is 4.79 Å². The highest BCUT2D eigenvalue weighted by Crippen LogP contribution is 2.23. The average Bonchev–Trinajstić information content (AvgIpc) is 2.84. The Morgan fingerprint density at radius 2 is 2.33 bits per heavy atom. The van der Waals surface area contributed by atoms with E-state index < -0.39 is 6.04 Å². The van der Waals surface area contributed by atoms with Gasteiger partial charge in [-0.3, -0.25) is 4.79 Å². The molecular weight excluding hydrogens is 288 g/mol. The summed E-state index contributed by atoms with van der Waals surface area (Å²) in [5.41, 5.74) is 2.10. The summed E-state index contributed by atoms with van der Waals surface area (Å²) < 4.78 is 1.86. The number of aryl methyl sites for hydroxylation is 1.